The molecule has 3 fully saturated rings. The first-order chi connectivity index (χ1) is 22.2. The van der Waals surface area contributed by atoms with Crippen molar-refractivity contribution in [3.63, 3.8) is 0 Å². The van der Waals surface area contributed by atoms with Gasteiger partial charge in [0, 0.05) is 36.5 Å². The Kier molecular flexibility index (Phi) is 6.73. The molecule has 2 unspecified atom stereocenters. The Morgan fingerprint density at radius 3 is 2.89 bits per heavy atom. The predicted molar refractivity (Wildman–Crippen MR) is 168 cm³/mol. The first-order valence-electron chi connectivity index (χ1n) is 14.9. The molecule has 2 aromatic heterocycles. The van der Waals surface area contributed by atoms with E-state index in [1.165, 1.54) is 18.2 Å². The van der Waals surface area contributed by atoms with Crippen LogP contribution in [0.4, 0.5) is 24.0 Å². The van der Waals surface area contributed by atoms with Gasteiger partial charge >= 0.3 is 6.01 Å². The number of nitrogen functional groups attached to an aromatic ring is 1. The van der Waals surface area contributed by atoms with E-state index in [2.05, 4.69) is 16.0 Å². The number of nitriles is 2. The number of allylic oxidation sites excluding steroid dienone is 1. The van der Waals surface area contributed by atoms with E-state index in [0.717, 1.165) is 36.3 Å². The zero-order valence-electron chi connectivity index (χ0n) is 24.2. The molecule has 4 aliphatic heterocycles. The Hall–Kier alpha value is -4.30. The summed E-state index contributed by atoms with van der Waals surface area (Å²) in [7, 11) is 0. The summed E-state index contributed by atoms with van der Waals surface area (Å²) in [5.41, 5.74) is 6.31. The van der Waals surface area contributed by atoms with Crippen molar-refractivity contribution >= 4 is 54.7 Å². The summed E-state index contributed by atoms with van der Waals surface area (Å²) < 4.78 is 59.1. The maximum Gasteiger partial charge on any atom is 0.319 e. The second-order valence-electron chi connectivity index (χ2n) is 12.1. The molecule has 0 bridgehead atoms. The molecule has 0 spiro atoms. The number of fused-ring (bicyclic) bond motifs is 4. The number of anilines is 2. The molecule has 9 nitrogen and oxygen atoms in total. The van der Waals surface area contributed by atoms with Crippen LogP contribution in [0.15, 0.2) is 23.8 Å². The average Bonchev–Trinajstić information content (AvgIpc) is 3.75. The van der Waals surface area contributed by atoms with Crippen molar-refractivity contribution in [2.45, 2.75) is 43.4 Å². The number of alkyl halides is 1. The standard InChI is InChI=1S/C32H25ClF3N7O2S/c33-24-22(17-2-3-19(35)28-21(17)18(11-38)29(39)46-28)25(36)26-23-27(24)44-13-20-15(4-7-37)5-9-43(20)30(23)41-31(40-26)45-14-32-6-1-8-42(32)12-16(34)10-32/h2-4,16,20H,1,5-6,8-10,12-14,39H2/b15-4+/t16-,20?,32?/m1/s1. The maximum absolute atomic E-state index is 17.0. The monoisotopic (exact) mass is 663 g/mol. The first kappa shape index (κ1) is 29.1. The van der Waals surface area contributed by atoms with Crippen LogP contribution in [0.2, 0.25) is 5.02 Å². The third-order valence-corrected chi connectivity index (χ3v) is 11.1. The van der Waals surface area contributed by atoms with Crippen LogP contribution >= 0.6 is 22.9 Å². The number of ether oxygens (including phenoxy) is 2. The van der Waals surface area contributed by atoms with Crippen molar-refractivity contribution in [2.75, 3.05) is 43.5 Å². The van der Waals surface area contributed by atoms with E-state index in [0.29, 0.717) is 31.7 Å². The van der Waals surface area contributed by atoms with Crippen LogP contribution in [-0.2, 0) is 0 Å². The lowest BCUT2D eigenvalue weighted by molar-refractivity contribution is 0.107. The lowest BCUT2D eigenvalue weighted by Crippen LogP contribution is -2.43. The minimum absolute atomic E-state index is 0.0132. The van der Waals surface area contributed by atoms with Crippen LogP contribution in [0.25, 0.3) is 32.1 Å². The summed E-state index contributed by atoms with van der Waals surface area (Å²) in [4.78, 5) is 13.3. The fraction of sp³-hybridized carbons (Fsp3) is 0.375. The highest BCUT2D eigenvalue weighted by molar-refractivity contribution is 7.23. The topological polar surface area (TPSA) is 124 Å². The van der Waals surface area contributed by atoms with Crippen molar-refractivity contribution in [3.8, 4) is 35.0 Å². The highest BCUT2D eigenvalue weighted by Crippen LogP contribution is 2.52. The van der Waals surface area contributed by atoms with Gasteiger partial charge in [0.15, 0.2) is 11.6 Å². The smallest absolute Gasteiger partial charge is 0.319 e. The quantitative estimate of drug-likeness (QED) is 0.252. The highest BCUT2D eigenvalue weighted by atomic mass is 35.5. The molecule has 6 heterocycles. The van der Waals surface area contributed by atoms with Gasteiger partial charge < -0.3 is 20.1 Å². The van der Waals surface area contributed by atoms with Crippen molar-refractivity contribution < 1.29 is 22.6 Å². The van der Waals surface area contributed by atoms with E-state index in [9.17, 15) is 19.3 Å². The fourth-order valence-electron chi connectivity index (χ4n) is 7.67. The van der Waals surface area contributed by atoms with Gasteiger partial charge in [0.1, 0.15) is 47.6 Å². The maximum atomic E-state index is 17.0. The Morgan fingerprint density at radius 1 is 1.24 bits per heavy atom. The van der Waals surface area contributed by atoms with E-state index < -0.39 is 23.3 Å². The summed E-state index contributed by atoms with van der Waals surface area (Å²) in [6, 6.07) is 6.16. The van der Waals surface area contributed by atoms with Crippen LogP contribution in [0.5, 0.6) is 11.8 Å². The number of nitrogens with two attached hydrogens (primary N) is 1. The van der Waals surface area contributed by atoms with E-state index in [-0.39, 0.29) is 78.7 Å². The largest absolute Gasteiger partial charge is 0.489 e. The van der Waals surface area contributed by atoms with Gasteiger partial charge in [-0.25, -0.2) is 13.2 Å². The minimum Gasteiger partial charge on any atom is -0.489 e. The van der Waals surface area contributed by atoms with Gasteiger partial charge in [0.2, 0.25) is 0 Å². The Labute approximate surface area is 270 Å². The molecular formula is C32H25ClF3N7O2S. The summed E-state index contributed by atoms with van der Waals surface area (Å²) >= 11 is 7.87. The molecule has 0 amide bonds. The SMILES string of the molecule is N#C/C=C1\CCN2c3nc(OCC45CCCN4C[C@H](F)C5)nc4c(F)c(-c5ccc(F)c6sc(N)c(C#N)c56)c(Cl)c(c34)OCC12. The van der Waals surface area contributed by atoms with Crippen molar-refractivity contribution in [2.24, 2.45) is 0 Å². The van der Waals surface area contributed by atoms with Crippen LogP contribution in [-0.4, -0.2) is 65.5 Å². The van der Waals surface area contributed by atoms with Gasteiger partial charge in [0.25, 0.3) is 0 Å². The van der Waals surface area contributed by atoms with Crippen LogP contribution in [0, 0.1) is 34.3 Å². The first-order valence-corrected chi connectivity index (χ1v) is 16.1. The molecule has 3 saturated heterocycles. The van der Waals surface area contributed by atoms with Gasteiger partial charge in [-0.05, 0) is 43.0 Å². The summed E-state index contributed by atoms with van der Waals surface area (Å²) in [5, 5.41) is 19.7. The normalized spacial score (nSPS) is 24.6. The zero-order valence-corrected chi connectivity index (χ0v) is 25.8. The van der Waals surface area contributed by atoms with Gasteiger partial charge in [0.05, 0.1) is 38.3 Å². The van der Waals surface area contributed by atoms with E-state index in [1.807, 2.05) is 11.0 Å². The lowest BCUT2D eigenvalue weighted by Gasteiger charge is -2.31. The number of aromatic nitrogens is 2. The summed E-state index contributed by atoms with van der Waals surface area (Å²) in [5.74, 6) is -0.984. The third-order valence-electron chi connectivity index (χ3n) is 9.73. The predicted octanol–water partition coefficient (Wildman–Crippen LogP) is 6.27. The fourth-order valence-corrected chi connectivity index (χ4v) is 8.95. The van der Waals surface area contributed by atoms with Gasteiger partial charge in [-0.2, -0.15) is 20.5 Å². The van der Waals surface area contributed by atoms with Gasteiger partial charge in [-0.3, -0.25) is 4.90 Å². The molecule has 2 N–H and O–H groups in total. The van der Waals surface area contributed by atoms with E-state index in [1.54, 1.807) is 0 Å². The lowest BCUT2D eigenvalue weighted by atomic mass is 9.95. The van der Waals surface area contributed by atoms with E-state index >= 15 is 4.39 Å². The number of rotatable bonds is 4. The Morgan fingerprint density at radius 2 is 2.09 bits per heavy atom. The average molecular weight is 664 g/mol. The molecule has 0 saturated carbocycles. The molecule has 46 heavy (non-hydrogen) atoms. The number of hydrogen-bond donors (Lipinski definition) is 1. The molecule has 4 aliphatic rings. The summed E-state index contributed by atoms with van der Waals surface area (Å²) in [6.45, 7) is 1.82. The molecule has 0 aliphatic carbocycles. The molecule has 234 valence electrons. The van der Waals surface area contributed by atoms with Crippen LogP contribution < -0.4 is 20.1 Å². The number of nitrogens with zero attached hydrogens (tertiary/aromatic N) is 6. The molecular weight excluding hydrogens is 639 g/mol. The van der Waals surface area contributed by atoms with E-state index in [4.69, 9.17) is 31.8 Å². The number of hydrogen-bond acceptors (Lipinski definition) is 10. The van der Waals surface area contributed by atoms with Crippen molar-refractivity contribution in [3.05, 3.63) is 46.0 Å². The molecule has 3 atom stereocenters. The van der Waals surface area contributed by atoms with Crippen LogP contribution in [0.1, 0.15) is 31.2 Å². The van der Waals surface area contributed by atoms with Gasteiger partial charge in [-0.1, -0.05) is 17.7 Å². The van der Waals surface area contributed by atoms with Gasteiger partial charge in [-0.15, -0.1) is 11.3 Å². The number of thiophene rings is 1. The molecule has 8 rings (SSSR count). The highest BCUT2D eigenvalue weighted by Gasteiger charge is 2.49. The van der Waals surface area contributed by atoms with Crippen LogP contribution in [0.3, 0.4) is 0 Å². The number of benzene rings is 2. The minimum atomic E-state index is -0.958. The number of halogens is 4. The van der Waals surface area contributed by atoms with Crippen molar-refractivity contribution in [1.29, 1.82) is 10.5 Å². The molecule has 2 aromatic carbocycles. The molecule has 4 aromatic rings. The summed E-state index contributed by atoms with van der Waals surface area (Å²) in [6.07, 6.45) is 3.12. The van der Waals surface area contributed by atoms with Crippen molar-refractivity contribution in [1.82, 2.24) is 14.9 Å². The molecule has 14 heteroatoms. The molecule has 0 radical (unpaired) electrons. The Balaban J connectivity index is 1.35. The second kappa shape index (κ2) is 10.6. The second-order valence-corrected chi connectivity index (χ2v) is 13.6. The zero-order chi connectivity index (χ0) is 31.9. The third kappa shape index (κ3) is 4.15. The Bertz CT molecular complexity index is 2090.